The van der Waals surface area contributed by atoms with E-state index in [0.29, 0.717) is 22.0 Å². The van der Waals surface area contributed by atoms with Gasteiger partial charge >= 0.3 is 0 Å². The molecule has 2 heterocycles. The van der Waals surface area contributed by atoms with Crippen LogP contribution in [0.15, 0.2) is 46.2 Å². The van der Waals surface area contributed by atoms with E-state index in [2.05, 4.69) is 20.6 Å². The number of fused-ring (bicyclic) bond motifs is 1. The van der Waals surface area contributed by atoms with E-state index >= 15 is 0 Å². The molecule has 0 saturated carbocycles. The number of rotatable bonds is 4. The van der Waals surface area contributed by atoms with Crippen LogP contribution in [0.25, 0.3) is 6.08 Å². The first-order valence-corrected chi connectivity index (χ1v) is 9.29. The Balaban J connectivity index is 1.75. The van der Waals surface area contributed by atoms with Crippen molar-refractivity contribution in [1.29, 1.82) is 0 Å². The second-order valence-corrected chi connectivity index (χ2v) is 7.27. The Bertz CT molecular complexity index is 1070. The maximum Gasteiger partial charge on any atom is 0.265 e. The number of nitrogens with one attached hydrogen (secondary N) is 1. The van der Waals surface area contributed by atoms with E-state index in [4.69, 9.17) is 4.74 Å². The Kier molecular flexibility index (Phi) is 4.74. The van der Waals surface area contributed by atoms with Crippen molar-refractivity contribution in [1.82, 2.24) is 20.6 Å². The van der Waals surface area contributed by atoms with Crippen LogP contribution in [-0.2, 0) is 11.3 Å². The van der Waals surface area contributed by atoms with E-state index in [9.17, 15) is 9.90 Å². The minimum Gasteiger partial charge on any atom is -0.504 e. The van der Waals surface area contributed by atoms with Crippen LogP contribution in [-0.4, -0.2) is 38.7 Å². The topological polar surface area (TPSA) is 104 Å². The molecule has 0 unspecified atom stereocenters. The molecule has 4 rings (SSSR count). The molecule has 28 heavy (non-hydrogen) atoms. The van der Waals surface area contributed by atoms with Crippen LogP contribution in [0, 0.1) is 6.92 Å². The van der Waals surface area contributed by atoms with Gasteiger partial charge in [0.15, 0.2) is 17.3 Å². The molecule has 1 amide bonds. The first-order valence-electron chi connectivity index (χ1n) is 8.47. The summed E-state index contributed by atoms with van der Waals surface area (Å²) in [6.07, 6.45) is 1.79. The summed E-state index contributed by atoms with van der Waals surface area (Å²) in [5, 5.41) is 23.9. The lowest BCUT2D eigenvalue weighted by atomic mass is 10.1. The lowest BCUT2D eigenvalue weighted by molar-refractivity contribution is -0.114. The number of methoxy groups -OCH3 is 1. The Morgan fingerprint density at radius 2 is 2.14 bits per heavy atom. The zero-order chi connectivity index (χ0) is 19.7. The number of nitrogens with zero attached hydrogens (tertiary/aromatic N) is 4. The molecule has 1 aliphatic rings. The fourth-order valence-corrected chi connectivity index (χ4v) is 4.03. The molecule has 1 aromatic heterocycles. The molecule has 142 valence electrons. The van der Waals surface area contributed by atoms with Gasteiger partial charge in [0.25, 0.3) is 5.91 Å². The number of ether oxygens (including phenoxy) is 1. The first-order chi connectivity index (χ1) is 13.6. The van der Waals surface area contributed by atoms with Gasteiger partial charge in [-0.3, -0.25) is 9.69 Å². The first kappa shape index (κ1) is 18.1. The van der Waals surface area contributed by atoms with Crippen LogP contribution in [0.3, 0.4) is 0 Å². The molecule has 2 N–H and O–H groups in total. The molecule has 0 atom stereocenters. The number of aromatic hydroxyl groups is 1. The summed E-state index contributed by atoms with van der Waals surface area (Å²) in [7, 11) is 1.49. The van der Waals surface area contributed by atoms with Crippen LogP contribution in [0.5, 0.6) is 11.5 Å². The van der Waals surface area contributed by atoms with Crippen molar-refractivity contribution < 1.29 is 14.6 Å². The van der Waals surface area contributed by atoms with Gasteiger partial charge in [0.05, 0.1) is 24.2 Å². The number of amides is 1. The fourth-order valence-electron chi connectivity index (χ4n) is 2.97. The molecule has 0 radical (unpaired) electrons. The number of thioether (sulfide) groups is 1. The predicted molar refractivity (Wildman–Crippen MR) is 105 cm³/mol. The molecular weight excluding hydrogens is 378 g/mol. The van der Waals surface area contributed by atoms with E-state index in [-0.39, 0.29) is 18.2 Å². The zero-order valence-electron chi connectivity index (χ0n) is 15.2. The van der Waals surface area contributed by atoms with Crippen molar-refractivity contribution in [2.45, 2.75) is 18.4 Å². The number of anilines is 1. The maximum atomic E-state index is 13.2. The summed E-state index contributed by atoms with van der Waals surface area (Å²) in [5.41, 5.74) is 2.24. The van der Waals surface area contributed by atoms with Gasteiger partial charge in [-0.15, -0.1) is 10.2 Å². The second-order valence-electron chi connectivity index (χ2n) is 6.19. The number of carbonyl (C=O) groups excluding carboxylic acids is 1. The highest BCUT2D eigenvalue weighted by atomic mass is 32.2. The van der Waals surface area contributed by atoms with E-state index in [1.165, 1.54) is 18.9 Å². The Labute approximate surface area is 165 Å². The third-order valence-electron chi connectivity index (χ3n) is 4.33. The molecular formula is C19H17N5O3S. The number of aromatic amines is 1. The summed E-state index contributed by atoms with van der Waals surface area (Å²) in [6.45, 7) is 2.00. The van der Waals surface area contributed by atoms with Crippen molar-refractivity contribution in [2.75, 3.05) is 12.0 Å². The number of hydrogen-bond donors (Lipinski definition) is 2. The molecule has 0 aliphatic carbocycles. The number of aryl methyl sites for hydroxylation is 1. The summed E-state index contributed by atoms with van der Waals surface area (Å²) < 4.78 is 5.22. The smallest absolute Gasteiger partial charge is 0.265 e. The number of phenolic OH excluding ortho intramolecular Hbond substituents is 1. The summed E-state index contributed by atoms with van der Waals surface area (Å²) >= 11 is 1.40. The number of hydrogen-bond acceptors (Lipinski definition) is 7. The normalized spacial score (nSPS) is 15.0. The third-order valence-corrected chi connectivity index (χ3v) is 5.40. The number of benzene rings is 2. The van der Waals surface area contributed by atoms with Crippen LogP contribution in [0.4, 0.5) is 5.69 Å². The molecule has 0 bridgehead atoms. The van der Waals surface area contributed by atoms with Crippen LogP contribution >= 0.6 is 11.8 Å². The lowest BCUT2D eigenvalue weighted by Gasteiger charge is -2.29. The van der Waals surface area contributed by atoms with Crippen molar-refractivity contribution >= 4 is 29.4 Å². The molecule has 0 saturated heterocycles. The number of aromatic nitrogens is 4. The molecule has 3 aromatic rings. The van der Waals surface area contributed by atoms with Gasteiger partial charge in [0, 0.05) is 4.90 Å². The minimum atomic E-state index is -0.154. The quantitative estimate of drug-likeness (QED) is 0.655. The molecule has 1 aliphatic heterocycles. The fraction of sp³-hybridized carbons (Fsp3) is 0.158. The lowest BCUT2D eigenvalue weighted by Crippen LogP contribution is -2.34. The molecule has 9 heteroatoms. The Morgan fingerprint density at radius 3 is 2.89 bits per heavy atom. The standard InChI is InChI=1S/C19H17N5O3S/c1-11-7-12(8-14(27-2)18(11)25)9-16-19(26)24(10-17-20-22-23-21-17)13-5-3-4-6-15(13)28-16/h3-9,25H,10H2,1-2H3,(H,20,21,22,23). The van der Waals surface area contributed by atoms with Crippen LogP contribution < -0.4 is 9.64 Å². The van der Waals surface area contributed by atoms with Gasteiger partial charge < -0.3 is 9.84 Å². The van der Waals surface area contributed by atoms with Crippen LogP contribution in [0.2, 0.25) is 0 Å². The van der Waals surface area contributed by atoms with Crippen molar-refractivity contribution in [2.24, 2.45) is 0 Å². The van der Waals surface area contributed by atoms with Gasteiger partial charge in [0.2, 0.25) is 0 Å². The predicted octanol–water partition coefficient (Wildman–Crippen LogP) is 2.90. The van der Waals surface area contributed by atoms with Gasteiger partial charge in [-0.25, -0.2) is 0 Å². The molecule has 0 fully saturated rings. The highest BCUT2D eigenvalue weighted by Gasteiger charge is 2.30. The van der Waals surface area contributed by atoms with E-state index in [0.717, 1.165) is 16.1 Å². The largest absolute Gasteiger partial charge is 0.504 e. The molecule has 2 aromatic carbocycles. The van der Waals surface area contributed by atoms with E-state index in [1.807, 2.05) is 30.3 Å². The van der Waals surface area contributed by atoms with Gasteiger partial charge in [-0.05, 0) is 48.4 Å². The summed E-state index contributed by atoms with van der Waals surface area (Å²) in [4.78, 5) is 16.3. The van der Waals surface area contributed by atoms with Crippen molar-refractivity contribution in [3.05, 3.63) is 58.3 Å². The highest BCUT2D eigenvalue weighted by molar-refractivity contribution is 8.04. The van der Waals surface area contributed by atoms with Crippen LogP contribution in [0.1, 0.15) is 17.0 Å². The van der Waals surface area contributed by atoms with E-state index < -0.39 is 0 Å². The molecule has 0 spiro atoms. The van der Waals surface area contributed by atoms with Crippen molar-refractivity contribution in [3.63, 3.8) is 0 Å². The van der Waals surface area contributed by atoms with Gasteiger partial charge in [-0.1, -0.05) is 29.1 Å². The monoisotopic (exact) mass is 395 g/mol. The third kappa shape index (κ3) is 3.31. The SMILES string of the molecule is COc1cc(C=C2Sc3ccccc3N(Cc3nn[nH]n3)C2=O)cc(C)c1O. The van der Waals surface area contributed by atoms with E-state index in [1.54, 1.807) is 24.0 Å². The number of H-pyrrole nitrogens is 1. The summed E-state index contributed by atoms with van der Waals surface area (Å²) in [6, 6.07) is 11.2. The maximum absolute atomic E-state index is 13.2. The van der Waals surface area contributed by atoms with Gasteiger partial charge in [0.1, 0.15) is 0 Å². The number of para-hydroxylation sites is 1. The van der Waals surface area contributed by atoms with Gasteiger partial charge in [-0.2, -0.15) is 5.21 Å². The van der Waals surface area contributed by atoms with Crippen molar-refractivity contribution in [3.8, 4) is 11.5 Å². The Hall–Kier alpha value is -3.33. The highest BCUT2D eigenvalue weighted by Crippen LogP contribution is 2.43. The molecule has 8 nitrogen and oxygen atoms in total. The number of carbonyl (C=O) groups is 1. The average molecular weight is 395 g/mol. The minimum absolute atomic E-state index is 0.0938. The Morgan fingerprint density at radius 1 is 1.32 bits per heavy atom. The zero-order valence-corrected chi connectivity index (χ0v) is 16.0. The average Bonchev–Trinajstić information content (AvgIpc) is 3.21. The number of tetrazole rings is 1. The number of phenols is 1. The second kappa shape index (κ2) is 7.35. The summed E-state index contributed by atoms with van der Waals surface area (Å²) in [5.74, 6) is 0.732.